The van der Waals surface area contributed by atoms with Gasteiger partial charge >= 0.3 is 0 Å². The molecule has 4 fully saturated rings. The minimum atomic E-state index is 0.999. The van der Waals surface area contributed by atoms with Gasteiger partial charge in [-0.1, -0.05) is 145 Å². The van der Waals surface area contributed by atoms with E-state index < -0.39 is 0 Å². The Bertz CT molecular complexity index is 406. The lowest BCUT2D eigenvalue weighted by Crippen LogP contribution is -2.29. The normalized spacial score (nSPS) is 34.1. The molecule has 0 aliphatic heterocycles. The molecule has 0 nitrogen and oxygen atoms in total. The first-order chi connectivity index (χ1) is 16.1. The van der Waals surface area contributed by atoms with E-state index in [9.17, 15) is 0 Å². The summed E-state index contributed by atoms with van der Waals surface area (Å²) >= 11 is 0. The van der Waals surface area contributed by atoms with Crippen LogP contribution in [0.4, 0.5) is 0 Å². The summed E-state index contributed by atoms with van der Waals surface area (Å²) in [6, 6.07) is 0. The molecule has 4 rings (SSSR count). The van der Waals surface area contributed by atoms with Gasteiger partial charge in [-0.05, 0) is 67.1 Å². The first kappa shape index (κ1) is 31.0. The predicted molar refractivity (Wildman–Crippen MR) is 152 cm³/mol. The van der Waals surface area contributed by atoms with Crippen molar-refractivity contribution in [1.29, 1.82) is 0 Å². The van der Waals surface area contributed by atoms with E-state index in [-0.39, 0.29) is 0 Å². The van der Waals surface area contributed by atoms with Crippen LogP contribution in [-0.4, -0.2) is 0 Å². The Morgan fingerprint density at radius 1 is 0.303 bits per heavy atom. The molecule has 33 heavy (non-hydrogen) atoms. The number of hydrogen-bond acceptors (Lipinski definition) is 0. The maximum atomic E-state index is 2.54. The molecule has 0 aromatic carbocycles. The van der Waals surface area contributed by atoms with Crippen molar-refractivity contribution in [3.63, 3.8) is 0 Å². The van der Waals surface area contributed by atoms with Crippen molar-refractivity contribution in [3.8, 4) is 0 Å². The van der Waals surface area contributed by atoms with Gasteiger partial charge in [-0.25, -0.2) is 0 Å². The van der Waals surface area contributed by atoms with Gasteiger partial charge in [0, 0.05) is 0 Å². The van der Waals surface area contributed by atoms with Crippen molar-refractivity contribution < 1.29 is 0 Å². The Morgan fingerprint density at radius 3 is 1.24 bits per heavy atom. The van der Waals surface area contributed by atoms with Crippen molar-refractivity contribution in [3.05, 3.63) is 0 Å². The van der Waals surface area contributed by atoms with E-state index in [1.165, 1.54) is 77.0 Å². The van der Waals surface area contributed by atoms with Crippen molar-refractivity contribution in [2.24, 2.45) is 41.4 Å². The molecule has 4 aliphatic carbocycles. The molecule has 0 saturated heterocycles. The van der Waals surface area contributed by atoms with E-state index in [0.717, 1.165) is 41.4 Å². The van der Waals surface area contributed by atoms with Gasteiger partial charge in [-0.3, -0.25) is 0 Å². The smallest absolute Gasteiger partial charge is 0.0381 e. The minimum absolute atomic E-state index is 0.999. The van der Waals surface area contributed by atoms with E-state index in [1.807, 2.05) is 27.7 Å². The van der Waals surface area contributed by atoms with E-state index in [1.54, 1.807) is 44.9 Å². The zero-order chi connectivity index (χ0) is 24.5. The van der Waals surface area contributed by atoms with Crippen LogP contribution in [0.5, 0.6) is 0 Å². The van der Waals surface area contributed by atoms with Gasteiger partial charge in [0.15, 0.2) is 0 Å². The summed E-state index contributed by atoms with van der Waals surface area (Å²) in [5.74, 6) is 7.41. The third-order valence-corrected chi connectivity index (χ3v) is 9.52. The highest BCUT2D eigenvalue weighted by Gasteiger charge is 2.33. The van der Waals surface area contributed by atoms with Crippen LogP contribution in [0.15, 0.2) is 0 Å². The van der Waals surface area contributed by atoms with Crippen LogP contribution in [0, 0.1) is 41.4 Å². The molecule has 1 unspecified atom stereocenters. The Morgan fingerprint density at radius 2 is 0.727 bits per heavy atom. The quantitative estimate of drug-likeness (QED) is 0.382. The summed E-state index contributed by atoms with van der Waals surface area (Å²) in [5.41, 5.74) is 0. The third kappa shape index (κ3) is 12.5. The molecule has 198 valence electrons. The lowest BCUT2D eigenvalue weighted by molar-refractivity contribution is 0.109. The summed E-state index contributed by atoms with van der Waals surface area (Å²) < 4.78 is 0. The highest BCUT2D eigenvalue weighted by Crippen LogP contribution is 2.45. The van der Waals surface area contributed by atoms with Gasteiger partial charge in [0.1, 0.15) is 0 Å². The molecule has 0 spiro atoms. The van der Waals surface area contributed by atoms with Crippen LogP contribution < -0.4 is 0 Å². The maximum absolute atomic E-state index is 2.54. The van der Waals surface area contributed by atoms with Gasteiger partial charge in [0.2, 0.25) is 0 Å². The fourth-order valence-corrected chi connectivity index (χ4v) is 7.45. The Balaban J connectivity index is 0.000000415. The lowest BCUT2D eigenvalue weighted by Gasteiger charge is -2.40. The second-order valence-electron chi connectivity index (χ2n) is 12.2. The number of hydrogen-bond donors (Lipinski definition) is 0. The summed E-state index contributed by atoms with van der Waals surface area (Å²) in [6.07, 6.45) is 29.0. The van der Waals surface area contributed by atoms with Crippen LogP contribution in [0.2, 0.25) is 0 Å². The largest absolute Gasteiger partial charge is 0.0683 e. The minimum Gasteiger partial charge on any atom is -0.0683 e. The van der Waals surface area contributed by atoms with Gasteiger partial charge in [0.25, 0.3) is 0 Å². The predicted octanol–water partition coefficient (Wildman–Crippen LogP) is 11.9. The van der Waals surface area contributed by atoms with Crippen LogP contribution >= 0.6 is 0 Å². The molecular formula is C33H66. The second kappa shape index (κ2) is 19.2. The molecule has 4 aliphatic rings. The van der Waals surface area contributed by atoms with Crippen LogP contribution in [0.3, 0.4) is 0 Å². The summed E-state index contributed by atoms with van der Waals surface area (Å²) in [5, 5.41) is 0. The van der Waals surface area contributed by atoms with E-state index in [0.29, 0.717) is 0 Å². The molecule has 0 amide bonds. The molecule has 0 aromatic rings. The summed E-state index contributed by atoms with van der Waals surface area (Å²) in [4.78, 5) is 0. The monoisotopic (exact) mass is 463 g/mol. The maximum Gasteiger partial charge on any atom is -0.0381 e. The molecule has 0 radical (unpaired) electrons. The zero-order valence-corrected chi connectivity index (χ0v) is 24.5. The first-order valence-corrected chi connectivity index (χ1v) is 16.1. The molecule has 4 saturated carbocycles. The molecule has 3 atom stereocenters. The fourth-order valence-electron chi connectivity index (χ4n) is 7.45. The molecular weight excluding hydrogens is 396 g/mol. The Hall–Kier alpha value is 0. The Kier molecular flexibility index (Phi) is 18.1. The fraction of sp³-hybridized carbons (Fsp3) is 1.00. The van der Waals surface area contributed by atoms with Crippen molar-refractivity contribution in [2.45, 2.75) is 170 Å². The topological polar surface area (TPSA) is 0 Å². The van der Waals surface area contributed by atoms with Crippen LogP contribution in [0.25, 0.3) is 0 Å². The Labute approximate surface area is 211 Å². The zero-order valence-electron chi connectivity index (χ0n) is 24.5. The van der Waals surface area contributed by atoms with Gasteiger partial charge < -0.3 is 0 Å². The average Bonchev–Trinajstić information content (AvgIpc) is 2.86. The van der Waals surface area contributed by atoms with Crippen molar-refractivity contribution in [2.75, 3.05) is 0 Å². The van der Waals surface area contributed by atoms with Gasteiger partial charge in [-0.2, -0.15) is 0 Å². The molecule has 0 aromatic heterocycles. The van der Waals surface area contributed by atoms with Gasteiger partial charge in [-0.15, -0.1) is 0 Å². The standard InChI is InChI=1S/C22H40.C7H14.2C2H6/c1-17-11-13-20(14-12-17)21-10-6-7-18(2)15-22(16-21)19-8-4-3-5-9-19;1-7-5-3-2-4-6-7;2*1-2/h17-22H,3-16H2,1-2H3;7H,2-6H2,1H3;2*1-2H3/t17?,18?,20?,21-,22+;;;/m0.../s1. The summed E-state index contributed by atoms with van der Waals surface area (Å²) in [7, 11) is 0. The van der Waals surface area contributed by atoms with Crippen LogP contribution in [0.1, 0.15) is 170 Å². The highest BCUT2D eigenvalue weighted by atomic mass is 14.4. The second-order valence-corrected chi connectivity index (χ2v) is 12.2. The van der Waals surface area contributed by atoms with E-state index in [2.05, 4.69) is 20.8 Å². The highest BCUT2D eigenvalue weighted by molar-refractivity contribution is 4.84. The van der Waals surface area contributed by atoms with E-state index in [4.69, 9.17) is 0 Å². The molecule has 0 heteroatoms. The molecule has 0 heterocycles. The SMILES string of the molecule is CC.CC.CC1CCC([C@H]2CCCC(C)C[C@@H](C3CCCCC3)C2)CC1.CC1CCCCC1. The van der Waals surface area contributed by atoms with Crippen molar-refractivity contribution in [1.82, 2.24) is 0 Å². The van der Waals surface area contributed by atoms with E-state index >= 15 is 0 Å². The average molecular weight is 463 g/mol. The molecule has 0 bridgehead atoms. The van der Waals surface area contributed by atoms with Crippen LogP contribution in [-0.2, 0) is 0 Å². The van der Waals surface area contributed by atoms with Crippen molar-refractivity contribution >= 4 is 0 Å². The third-order valence-electron chi connectivity index (χ3n) is 9.52. The van der Waals surface area contributed by atoms with Gasteiger partial charge in [0.05, 0.1) is 0 Å². The lowest BCUT2D eigenvalue weighted by atomic mass is 9.65. The summed E-state index contributed by atoms with van der Waals surface area (Å²) in [6.45, 7) is 15.4. The number of rotatable bonds is 2. The first-order valence-electron chi connectivity index (χ1n) is 16.1. The molecule has 0 N–H and O–H groups in total.